The second kappa shape index (κ2) is 13.5. The van der Waals surface area contributed by atoms with Crippen LogP contribution in [0.2, 0.25) is 10.0 Å². The Morgan fingerprint density at radius 1 is 1.04 bits per heavy atom. The van der Waals surface area contributed by atoms with Crippen molar-refractivity contribution in [3.63, 3.8) is 0 Å². The van der Waals surface area contributed by atoms with Crippen molar-refractivity contribution in [2.24, 2.45) is 11.3 Å². The van der Waals surface area contributed by atoms with Gasteiger partial charge in [-0.05, 0) is 62.8 Å². The molecule has 1 aliphatic carbocycles. The number of benzene rings is 1. The molecule has 0 bridgehead atoms. The van der Waals surface area contributed by atoms with Gasteiger partial charge in [-0.15, -0.1) is 0 Å². The predicted molar refractivity (Wildman–Crippen MR) is 169 cm³/mol. The number of anilines is 2. The Morgan fingerprint density at radius 3 is 2.41 bits per heavy atom. The van der Waals surface area contributed by atoms with Gasteiger partial charge < -0.3 is 26.3 Å². The molecular weight excluding hydrogens is 649 g/mol. The van der Waals surface area contributed by atoms with Crippen molar-refractivity contribution in [3.05, 3.63) is 45.1 Å². The van der Waals surface area contributed by atoms with E-state index >= 15 is 0 Å². The fourth-order valence-electron chi connectivity index (χ4n) is 5.78. The number of carbonyl (C=O) groups is 2. The van der Waals surface area contributed by atoms with Crippen LogP contribution in [0.25, 0.3) is 11.2 Å². The fraction of sp³-hybridized carbons (Fsp3) is 0.548. The number of nitrogens with zero attached hydrogens (tertiary/aromatic N) is 2. The van der Waals surface area contributed by atoms with Crippen molar-refractivity contribution in [1.29, 1.82) is 0 Å². The van der Waals surface area contributed by atoms with Gasteiger partial charge in [-0.25, -0.2) is 9.37 Å². The summed E-state index contributed by atoms with van der Waals surface area (Å²) < 4.78 is 53.9. The third-order valence-corrected chi connectivity index (χ3v) is 9.22. The monoisotopic (exact) mass is 685 g/mol. The smallest absolute Gasteiger partial charge is 0.352 e. The van der Waals surface area contributed by atoms with Gasteiger partial charge in [0.25, 0.3) is 5.91 Å². The molecule has 3 aromatic rings. The molecule has 1 aliphatic heterocycles. The van der Waals surface area contributed by atoms with Crippen molar-refractivity contribution >= 4 is 57.8 Å². The zero-order valence-electron chi connectivity index (χ0n) is 25.7. The predicted octanol–water partition coefficient (Wildman–Crippen LogP) is 7.28. The van der Waals surface area contributed by atoms with Crippen molar-refractivity contribution in [2.75, 3.05) is 11.9 Å². The number of hydrogen-bond acceptors (Lipinski definition) is 6. The molecule has 15 heteroatoms. The Morgan fingerprint density at radius 2 is 1.76 bits per heavy atom. The van der Waals surface area contributed by atoms with E-state index in [9.17, 15) is 27.2 Å². The van der Waals surface area contributed by atoms with E-state index < -0.39 is 41.7 Å². The van der Waals surface area contributed by atoms with Crippen LogP contribution in [0, 0.1) is 11.3 Å². The zero-order chi connectivity index (χ0) is 33.4. The summed E-state index contributed by atoms with van der Waals surface area (Å²) in [6.07, 6.45) is -4.61. The SMILES string of the molecule is CC(C)(C)C(=O)NCc1ccc(Cl)c(Nc2nc3nc(C4CC(F)CCN4)c(C(=O)NC4CCC(C(F)(F)F)CC4)cc3[nH]2)c1Cl. The summed E-state index contributed by atoms with van der Waals surface area (Å²) in [4.78, 5) is 38.2. The molecule has 2 unspecified atom stereocenters. The molecule has 1 saturated carbocycles. The number of carbonyl (C=O) groups excluding carboxylic acids is 2. The number of amides is 2. The second-order valence-corrected chi connectivity index (χ2v) is 13.8. The number of fused-ring (bicyclic) bond motifs is 1. The van der Waals surface area contributed by atoms with E-state index in [0.717, 1.165) is 0 Å². The van der Waals surface area contributed by atoms with E-state index in [4.69, 9.17) is 23.2 Å². The number of hydrogen-bond donors (Lipinski definition) is 5. The second-order valence-electron chi connectivity index (χ2n) is 13.0. The average molecular weight is 687 g/mol. The van der Waals surface area contributed by atoms with Gasteiger partial charge in [-0.1, -0.05) is 50.0 Å². The third kappa shape index (κ3) is 7.86. The molecule has 2 fully saturated rings. The number of pyridine rings is 1. The molecule has 250 valence electrons. The fourth-order valence-corrected chi connectivity index (χ4v) is 6.31. The number of aromatic amines is 1. The van der Waals surface area contributed by atoms with Gasteiger partial charge in [0.05, 0.1) is 44.5 Å². The molecule has 2 atom stereocenters. The van der Waals surface area contributed by atoms with E-state index in [0.29, 0.717) is 40.4 Å². The minimum absolute atomic E-state index is 0.0584. The lowest BCUT2D eigenvalue weighted by Gasteiger charge is -2.31. The van der Waals surface area contributed by atoms with Gasteiger partial charge in [0.2, 0.25) is 11.9 Å². The largest absolute Gasteiger partial charge is 0.391 e. The summed E-state index contributed by atoms with van der Waals surface area (Å²) in [5.41, 5.74) is 1.51. The molecule has 2 amide bonds. The maximum atomic E-state index is 14.4. The van der Waals surface area contributed by atoms with E-state index in [1.54, 1.807) is 39.0 Å². The number of aromatic nitrogens is 3. The molecule has 9 nitrogen and oxygen atoms in total. The van der Waals surface area contributed by atoms with Gasteiger partial charge in [-0.3, -0.25) is 9.59 Å². The maximum Gasteiger partial charge on any atom is 0.391 e. The number of nitrogens with one attached hydrogen (secondary N) is 5. The van der Waals surface area contributed by atoms with Crippen molar-refractivity contribution in [2.45, 2.75) is 90.3 Å². The third-order valence-electron chi connectivity index (χ3n) is 8.48. The van der Waals surface area contributed by atoms with Crippen LogP contribution < -0.4 is 21.3 Å². The van der Waals surface area contributed by atoms with Crippen molar-refractivity contribution in [3.8, 4) is 0 Å². The molecular formula is C31H37Cl2F4N7O2. The van der Waals surface area contributed by atoms with Crippen LogP contribution in [-0.2, 0) is 11.3 Å². The standard InChI is InChI=1S/C31H37Cl2F4N7O2/c1-30(2,3)28(46)39-14-15-4-9-20(32)25(23(15)33)43-29-41-22-13-19(24(42-26(22)44-29)21-12-17(34)10-11-38-21)27(45)40-18-7-5-16(6-8-18)31(35,36)37/h4,9,13,16-18,21,38H,5-8,10-12,14H2,1-3H3,(H,39,46)(H,40,45)(H2,41,42,43,44). The Labute approximate surface area is 274 Å². The molecule has 2 aliphatic rings. The number of imidazole rings is 1. The van der Waals surface area contributed by atoms with Crippen LogP contribution in [0.1, 0.15) is 87.0 Å². The van der Waals surface area contributed by atoms with E-state index in [-0.39, 0.29) is 66.7 Å². The Bertz CT molecular complexity index is 1600. The quantitative estimate of drug-likeness (QED) is 0.167. The molecule has 0 spiro atoms. The van der Waals surface area contributed by atoms with Crippen LogP contribution in [0.3, 0.4) is 0 Å². The molecule has 0 radical (unpaired) electrons. The minimum Gasteiger partial charge on any atom is -0.352 e. The summed E-state index contributed by atoms with van der Waals surface area (Å²) in [6, 6.07) is 3.93. The van der Waals surface area contributed by atoms with Crippen molar-refractivity contribution < 1.29 is 27.2 Å². The Balaban J connectivity index is 1.41. The van der Waals surface area contributed by atoms with Crippen LogP contribution in [0.4, 0.5) is 29.2 Å². The van der Waals surface area contributed by atoms with Gasteiger partial charge in [-0.2, -0.15) is 18.2 Å². The highest BCUT2D eigenvalue weighted by molar-refractivity contribution is 6.39. The molecule has 46 heavy (non-hydrogen) atoms. The minimum atomic E-state index is -4.25. The molecule has 3 heterocycles. The molecule has 1 saturated heterocycles. The number of rotatable bonds is 7. The van der Waals surface area contributed by atoms with Gasteiger partial charge in [0.1, 0.15) is 6.17 Å². The normalized spacial score (nSPS) is 22.5. The van der Waals surface area contributed by atoms with Crippen LogP contribution in [0.15, 0.2) is 18.2 Å². The maximum absolute atomic E-state index is 14.4. The van der Waals surface area contributed by atoms with Crippen LogP contribution >= 0.6 is 23.2 Å². The summed E-state index contributed by atoms with van der Waals surface area (Å²) >= 11 is 13.1. The lowest BCUT2D eigenvalue weighted by Crippen LogP contribution is -2.41. The number of alkyl halides is 4. The summed E-state index contributed by atoms with van der Waals surface area (Å²) in [5, 5.41) is 12.6. The Hall–Kier alpha value is -3.16. The number of piperidine rings is 1. The van der Waals surface area contributed by atoms with Gasteiger partial charge in [0, 0.05) is 18.0 Å². The van der Waals surface area contributed by atoms with Crippen molar-refractivity contribution in [1.82, 2.24) is 30.9 Å². The lowest BCUT2D eigenvalue weighted by atomic mass is 9.85. The summed E-state index contributed by atoms with van der Waals surface area (Å²) in [5.74, 6) is -1.80. The first-order chi connectivity index (χ1) is 21.6. The first kappa shape index (κ1) is 34.2. The molecule has 5 N–H and O–H groups in total. The number of halogens is 6. The van der Waals surface area contributed by atoms with Crippen LogP contribution in [-0.4, -0.2) is 51.7 Å². The van der Waals surface area contributed by atoms with E-state index in [1.807, 2.05) is 0 Å². The van der Waals surface area contributed by atoms with Gasteiger partial charge in [0.15, 0.2) is 5.65 Å². The van der Waals surface area contributed by atoms with Gasteiger partial charge >= 0.3 is 6.18 Å². The topological polar surface area (TPSA) is 124 Å². The van der Waals surface area contributed by atoms with E-state index in [2.05, 4.69) is 36.2 Å². The first-order valence-corrected chi connectivity index (χ1v) is 16.0. The highest BCUT2D eigenvalue weighted by Crippen LogP contribution is 2.38. The average Bonchev–Trinajstić information content (AvgIpc) is 3.39. The zero-order valence-corrected chi connectivity index (χ0v) is 27.2. The molecule has 1 aromatic carbocycles. The highest BCUT2D eigenvalue weighted by Gasteiger charge is 2.41. The highest BCUT2D eigenvalue weighted by atomic mass is 35.5. The number of H-pyrrole nitrogens is 1. The van der Waals surface area contributed by atoms with E-state index in [1.165, 1.54) is 0 Å². The lowest BCUT2D eigenvalue weighted by molar-refractivity contribution is -0.182. The molecule has 2 aromatic heterocycles. The Kier molecular flexibility index (Phi) is 10.0. The summed E-state index contributed by atoms with van der Waals surface area (Å²) in [7, 11) is 0. The first-order valence-electron chi connectivity index (χ1n) is 15.3. The van der Waals surface area contributed by atoms with Crippen LogP contribution in [0.5, 0.6) is 0 Å². The summed E-state index contributed by atoms with van der Waals surface area (Å²) in [6.45, 7) is 5.98. The molecule has 5 rings (SSSR count).